The first-order chi connectivity index (χ1) is 10.1. The zero-order valence-corrected chi connectivity index (χ0v) is 14.4. The van der Waals surface area contributed by atoms with Gasteiger partial charge in [-0.15, -0.1) is 0 Å². The van der Waals surface area contributed by atoms with Crippen molar-refractivity contribution < 1.29 is 14.3 Å². The van der Waals surface area contributed by atoms with Crippen LogP contribution in [0.4, 0.5) is 0 Å². The molecule has 0 spiro atoms. The molecule has 0 fully saturated rings. The van der Waals surface area contributed by atoms with E-state index >= 15 is 0 Å². The second-order valence-corrected chi connectivity index (χ2v) is 6.16. The lowest BCUT2D eigenvalue weighted by Crippen LogP contribution is -2.41. The summed E-state index contributed by atoms with van der Waals surface area (Å²) in [6, 6.07) is 6.97. The number of hydrogen-bond donors (Lipinski definition) is 1. The summed E-state index contributed by atoms with van der Waals surface area (Å²) in [5.74, 6) is 0.0369. The molecule has 114 valence electrons. The van der Waals surface area contributed by atoms with E-state index in [-0.39, 0.29) is 5.91 Å². The van der Waals surface area contributed by atoms with Crippen molar-refractivity contribution in [3.8, 4) is 0 Å². The van der Waals surface area contributed by atoms with Crippen molar-refractivity contribution in [1.82, 2.24) is 5.32 Å². The molecule has 0 bridgehead atoms. The predicted octanol–water partition coefficient (Wildman–Crippen LogP) is 2.87. The highest BCUT2D eigenvalue weighted by Crippen LogP contribution is 2.12. The van der Waals surface area contributed by atoms with Crippen LogP contribution in [-0.2, 0) is 14.3 Å². The molecule has 1 N–H and O–H groups in total. The SMILES string of the molecule is COC(=O)[C@H](CCSC)NC(=O)/C=C/c1cccc(Br)c1. The highest BCUT2D eigenvalue weighted by molar-refractivity contribution is 9.10. The van der Waals surface area contributed by atoms with E-state index in [2.05, 4.69) is 21.2 Å². The molecule has 0 heterocycles. The third-order valence-corrected chi connectivity index (χ3v) is 3.83. The Morgan fingerprint density at radius 1 is 1.48 bits per heavy atom. The fourth-order valence-corrected chi connectivity index (χ4v) is 2.52. The maximum atomic E-state index is 11.9. The number of methoxy groups -OCH3 is 1. The van der Waals surface area contributed by atoms with E-state index in [0.29, 0.717) is 6.42 Å². The van der Waals surface area contributed by atoms with Crippen LogP contribution in [0.2, 0.25) is 0 Å². The topological polar surface area (TPSA) is 55.4 Å². The highest BCUT2D eigenvalue weighted by atomic mass is 79.9. The summed E-state index contributed by atoms with van der Waals surface area (Å²) in [6.45, 7) is 0. The Morgan fingerprint density at radius 3 is 2.86 bits per heavy atom. The largest absolute Gasteiger partial charge is 0.467 e. The molecule has 0 saturated heterocycles. The molecular weight excluding hydrogens is 354 g/mol. The Kier molecular flexibility index (Phi) is 8.15. The van der Waals surface area contributed by atoms with Crippen LogP contribution in [0, 0.1) is 0 Å². The van der Waals surface area contributed by atoms with Crippen LogP contribution in [0.1, 0.15) is 12.0 Å². The summed E-state index contributed by atoms with van der Waals surface area (Å²) in [4.78, 5) is 23.5. The highest BCUT2D eigenvalue weighted by Gasteiger charge is 2.19. The number of nitrogens with one attached hydrogen (secondary N) is 1. The lowest BCUT2D eigenvalue weighted by molar-refractivity contribution is -0.144. The summed E-state index contributed by atoms with van der Waals surface area (Å²) >= 11 is 4.98. The van der Waals surface area contributed by atoms with Crippen LogP contribution >= 0.6 is 27.7 Å². The third-order valence-electron chi connectivity index (χ3n) is 2.69. The van der Waals surface area contributed by atoms with E-state index in [4.69, 9.17) is 4.74 Å². The van der Waals surface area contributed by atoms with Crippen molar-refractivity contribution in [3.63, 3.8) is 0 Å². The first kappa shape index (κ1) is 17.8. The van der Waals surface area contributed by atoms with Gasteiger partial charge in [0, 0.05) is 10.5 Å². The summed E-state index contributed by atoms with van der Waals surface area (Å²) in [7, 11) is 1.32. The minimum absolute atomic E-state index is 0.313. The molecule has 0 saturated carbocycles. The van der Waals surface area contributed by atoms with Crippen LogP contribution in [0.15, 0.2) is 34.8 Å². The van der Waals surface area contributed by atoms with Gasteiger partial charge in [-0.2, -0.15) is 11.8 Å². The van der Waals surface area contributed by atoms with Gasteiger partial charge in [0.1, 0.15) is 6.04 Å². The third kappa shape index (κ3) is 6.82. The van der Waals surface area contributed by atoms with Crippen molar-refractivity contribution in [3.05, 3.63) is 40.4 Å². The zero-order valence-electron chi connectivity index (χ0n) is 12.0. The molecule has 1 aromatic rings. The van der Waals surface area contributed by atoms with Gasteiger partial charge in [-0.25, -0.2) is 4.79 Å². The predicted molar refractivity (Wildman–Crippen MR) is 90.1 cm³/mol. The van der Waals surface area contributed by atoms with Crippen molar-refractivity contribution in [2.75, 3.05) is 19.1 Å². The number of amides is 1. The number of carbonyl (C=O) groups is 2. The van der Waals surface area contributed by atoms with Crippen molar-refractivity contribution in [2.45, 2.75) is 12.5 Å². The van der Waals surface area contributed by atoms with Gasteiger partial charge in [-0.1, -0.05) is 28.1 Å². The van der Waals surface area contributed by atoms with Crippen LogP contribution in [0.5, 0.6) is 0 Å². The molecule has 0 radical (unpaired) electrons. The van der Waals surface area contributed by atoms with Gasteiger partial charge < -0.3 is 10.1 Å². The van der Waals surface area contributed by atoms with E-state index < -0.39 is 12.0 Å². The monoisotopic (exact) mass is 371 g/mol. The smallest absolute Gasteiger partial charge is 0.328 e. The molecular formula is C15H18BrNO3S. The molecule has 4 nitrogen and oxygen atoms in total. The number of halogens is 1. The van der Waals surface area contributed by atoms with Gasteiger partial charge in [-0.3, -0.25) is 4.79 Å². The molecule has 1 aromatic carbocycles. The molecule has 1 rings (SSSR count). The van der Waals surface area contributed by atoms with E-state index in [1.807, 2.05) is 30.5 Å². The van der Waals surface area contributed by atoms with Crippen molar-refractivity contribution in [2.24, 2.45) is 0 Å². The number of esters is 1. The first-order valence-corrected chi connectivity index (χ1v) is 8.56. The maximum Gasteiger partial charge on any atom is 0.328 e. The molecule has 1 amide bonds. The Bertz CT molecular complexity index is 519. The molecule has 0 aromatic heterocycles. The number of benzene rings is 1. The Labute approximate surface area is 137 Å². The summed E-state index contributed by atoms with van der Waals surface area (Å²) in [6.07, 6.45) is 5.60. The average Bonchev–Trinajstić information content (AvgIpc) is 2.48. The minimum Gasteiger partial charge on any atom is -0.467 e. The zero-order chi connectivity index (χ0) is 15.7. The number of ether oxygens (including phenoxy) is 1. The lowest BCUT2D eigenvalue weighted by Gasteiger charge is -2.14. The second-order valence-electron chi connectivity index (χ2n) is 4.25. The van der Waals surface area contributed by atoms with Crippen LogP contribution in [0.25, 0.3) is 6.08 Å². The minimum atomic E-state index is -0.609. The second kappa shape index (κ2) is 9.63. The Hall–Kier alpha value is -1.27. The maximum absolute atomic E-state index is 11.9. The van der Waals surface area contributed by atoms with Crippen molar-refractivity contribution in [1.29, 1.82) is 0 Å². The Balaban J connectivity index is 2.62. The van der Waals surface area contributed by atoms with Gasteiger partial charge >= 0.3 is 5.97 Å². The fourth-order valence-electron chi connectivity index (χ4n) is 1.63. The first-order valence-electron chi connectivity index (χ1n) is 6.37. The standard InChI is InChI=1S/C15H18BrNO3S/c1-20-15(19)13(8-9-21-2)17-14(18)7-6-11-4-3-5-12(16)10-11/h3-7,10,13H,8-9H2,1-2H3,(H,17,18)/b7-6+/t13-/m0/s1. The van der Waals surface area contributed by atoms with Crippen LogP contribution in [-0.4, -0.2) is 37.0 Å². The molecule has 6 heteroatoms. The number of hydrogen-bond acceptors (Lipinski definition) is 4. The van der Waals surface area contributed by atoms with Gasteiger partial charge in [0.25, 0.3) is 0 Å². The molecule has 21 heavy (non-hydrogen) atoms. The number of carbonyl (C=O) groups excluding carboxylic acids is 2. The summed E-state index contributed by atoms with van der Waals surface area (Å²) in [5, 5.41) is 2.66. The van der Waals surface area contributed by atoms with Gasteiger partial charge in [-0.05, 0) is 42.2 Å². The molecule has 0 unspecified atom stereocenters. The fraction of sp³-hybridized carbons (Fsp3) is 0.333. The van der Waals surface area contributed by atoms with E-state index in [1.54, 1.807) is 17.8 Å². The van der Waals surface area contributed by atoms with Crippen LogP contribution < -0.4 is 5.32 Å². The average molecular weight is 372 g/mol. The van der Waals surface area contributed by atoms with E-state index in [9.17, 15) is 9.59 Å². The van der Waals surface area contributed by atoms with Gasteiger partial charge in [0.2, 0.25) is 5.91 Å². The molecule has 0 aliphatic carbocycles. The van der Waals surface area contributed by atoms with Gasteiger partial charge in [0.05, 0.1) is 7.11 Å². The molecule has 0 aliphatic heterocycles. The quantitative estimate of drug-likeness (QED) is 0.591. The normalized spacial score (nSPS) is 12.1. The summed E-state index contributed by atoms with van der Waals surface area (Å²) < 4.78 is 5.64. The molecule has 0 aliphatic rings. The lowest BCUT2D eigenvalue weighted by atomic mass is 10.2. The van der Waals surface area contributed by atoms with Crippen LogP contribution in [0.3, 0.4) is 0 Å². The van der Waals surface area contributed by atoms with E-state index in [1.165, 1.54) is 13.2 Å². The Morgan fingerprint density at radius 2 is 2.24 bits per heavy atom. The number of rotatable bonds is 7. The molecule has 1 atom stereocenters. The summed E-state index contributed by atoms with van der Waals surface area (Å²) in [5.41, 5.74) is 0.901. The van der Waals surface area contributed by atoms with Crippen molar-refractivity contribution >= 4 is 45.6 Å². The van der Waals surface area contributed by atoms with E-state index in [0.717, 1.165) is 15.8 Å². The van der Waals surface area contributed by atoms with Gasteiger partial charge in [0.15, 0.2) is 0 Å². The number of thioether (sulfide) groups is 1.